The van der Waals surface area contributed by atoms with Gasteiger partial charge in [-0.05, 0) is 48.0 Å². The van der Waals surface area contributed by atoms with Gasteiger partial charge in [-0.1, -0.05) is 29.8 Å². The number of nitrogens with zero attached hydrogens (tertiary/aromatic N) is 2. The Morgan fingerprint density at radius 2 is 1.67 bits per heavy atom. The molecule has 0 spiro atoms. The molecule has 0 fully saturated rings. The fourth-order valence-electron chi connectivity index (χ4n) is 2.49. The number of hydrogen-bond acceptors (Lipinski definition) is 5. The number of amides is 2. The molecule has 3 rings (SSSR count). The fraction of sp³-hybridized carbons (Fsp3) is 0. The average Bonchev–Trinajstić information content (AvgIpc) is 2.74. The van der Waals surface area contributed by atoms with Crippen molar-refractivity contribution in [1.29, 1.82) is 0 Å². The van der Waals surface area contributed by atoms with Gasteiger partial charge in [-0.3, -0.25) is 19.7 Å². The molecular formula is C21H15ClN4O4. The van der Waals surface area contributed by atoms with Crippen LogP contribution in [0.3, 0.4) is 0 Å². The molecule has 9 heteroatoms. The number of benzene rings is 3. The normalized spacial score (nSPS) is 10.6. The lowest BCUT2D eigenvalue weighted by atomic mass is 10.2. The van der Waals surface area contributed by atoms with Crippen LogP contribution in [-0.2, 0) is 0 Å². The molecule has 3 aromatic carbocycles. The van der Waals surface area contributed by atoms with Crippen molar-refractivity contribution in [2.24, 2.45) is 5.10 Å². The highest BCUT2D eigenvalue weighted by molar-refractivity contribution is 6.30. The highest BCUT2D eigenvalue weighted by Gasteiger charge is 2.10. The molecule has 0 aliphatic carbocycles. The Bertz CT molecular complexity index is 1130. The van der Waals surface area contributed by atoms with Crippen molar-refractivity contribution >= 4 is 41.0 Å². The zero-order chi connectivity index (χ0) is 21.5. The van der Waals surface area contributed by atoms with Crippen LogP contribution in [0.25, 0.3) is 0 Å². The van der Waals surface area contributed by atoms with E-state index in [1.807, 2.05) is 0 Å². The van der Waals surface area contributed by atoms with Crippen molar-refractivity contribution in [2.45, 2.75) is 0 Å². The van der Waals surface area contributed by atoms with Gasteiger partial charge in [0.1, 0.15) is 0 Å². The molecule has 0 bridgehead atoms. The van der Waals surface area contributed by atoms with E-state index in [0.717, 1.165) is 6.07 Å². The lowest BCUT2D eigenvalue weighted by Crippen LogP contribution is -2.17. The molecule has 3 aromatic rings. The topological polar surface area (TPSA) is 114 Å². The number of anilines is 1. The minimum Gasteiger partial charge on any atom is -0.322 e. The zero-order valence-corrected chi connectivity index (χ0v) is 16.2. The maximum Gasteiger partial charge on any atom is 0.271 e. The maximum absolute atomic E-state index is 12.3. The number of hydrazone groups is 1. The van der Waals surface area contributed by atoms with Gasteiger partial charge in [0.15, 0.2) is 0 Å². The third kappa shape index (κ3) is 5.49. The van der Waals surface area contributed by atoms with Crippen LogP contribution >= 0.6 is 11.6 Å². The van der Waals surface area contributed by atoms with E-state index in [9.17, 15) is 19.7 Å². The second-order valence-corrected chi connectivity index (χ2v) is 6.53. The minimum absolute atomic E-state index is 0.116. The smallest absolute Gasteiger partial charge is 0.271 e. The van der Waals surface area contributed by atoms with Crippen LogP contribution in [0.15, 0.2) is 77.9 Å². The Morgan fingerprint density at radius 3 is 2.40 bits per heavy atom. The van der Waals surface area contributed by atoms with Crippen LogP contribution in [0.5, 0.6) is 0 Å². The van der Waals surface area contributed by atoms with E-state index in [1.54, 1.807) is 48.5 Å². The molecule has 0 heterocycles. The summed E-state index contributed by atoms with van der Waals surface area (Å²) in [6.07, 6.45) is 1.40. The van der Waals surface area contributed by atoms with Crippen LogP contribution in [0.4, 0.5) is 11.4 Å². The first kappa shape index (κ1) is 20.7. The Hall–Kier alpha value is -4.04. The number of carbonyl (C=O) groups excluding carboxylic acids is 2. The third-order valence-corrected chi connectivity index (χ3v) is 4.20. The molecule has 0 saturated heterocycles. The second-order valence-electron chi connectivity index (χ2n) is 6.09. The molecule has 30 heavy (non-hydrogen) atoms. The molecule has 0 aromatic heterocycles. The van der Waals surface area contributed by atoms with E-state index >= 15 is 0 Å². The van der Waals surface area contributed by atoms with Crippen molar-refractivity contribution in [3.05, 3.63) is 105 Å². The standard InChI is InChI=1S/C21H15ClN4O4/c22-17-9-7-15(8-10-17)20(27)24-18-5-1-3-14(11-18)13-23-25-21(28)16-4-2-6-19(12-16)26(29)30/h1-13H,(H,24,27)(H,25,28). The highest BCUT2D eigenvalue weighted by atomic mass is 35.5. The summed E-state index contributed by atoms with van der Waals surface area (Å²) in [5.74, 6) is -0.873. The second kappa shape index (κ2) is 9.44. The van der Waals surface area contributed by atoms with Crippen LogP contribution in [-0.4, -0.2) is 23.0 Å². The van der Waals surface area contributed by atoms with Gasteiger partial charge in [0.25, 0.3) is 17.5 Å². The number of non-ortho nitro benzene ring substituents is 1. The molecule has 0 saturated carbocycles. The zero-order valence-electron chi connectivity index (χ0n) is 15.4. The maximum atomic E-state index is 12.3. The summed E-state index contributed by atoms with van der Waals surface area (Å²) in [5, 5.41) is 18.0. The molecule has 0 atom stereocenters. The molecule has 2 amide bonds. The predicted octanol–water partition coefficient (Wildman–Crippen LogP) is 4.26. The Balaban J connectivity index is 1.63. The number of halogens is 1. The molecule has 0 aliphatic heterocycles. The van der Waals surface area contributed by atoms with Gasteiger partial charge in [-0.15, -0.1) is 0 Å². The summed E-state index contributed by atoms with van der Waals surface area (Å²) < 4.78 is 0. The van der Waals surface area contributed by atoms with E-state index in [1.165, 1.54) is 24.4 Å². The average molecular weight is 423 g/mol. The molecule has 8 nitrogen and oxygen atoms in total. The summed E-state index contributed by atoms with van der Waals surface area (Å²) >= 11 is 5.82. The number of rotatable bonds is 6. The van der Waals surface area contributed by atoms with Crippen molar-refractivity contribution in [3.8, 4) is 0 Å². The first-order chi connectivity index (χ1) is 14.4. The van der Waals surface area contributed by atoms with Crippen LogP contribution in [0, 0.1) is 10.1 Å². The van der Waals surface area contributed by atoms with Crippen LogP contribution in [0.1, 0.15) is 26.3 Å². The number of carbonyl (C=O) groups is 2. The molecule has 2 N–H and O–H groups in total. The minimum atomic E-state index is -0.581. The van der Waals surface area contributed by atoms with Gasteiger partial charge in [0, 0.05) is 34.0 Å². The van der Waals surface area contributed by atoms with Gasteiger partial charge in [-0.2, -0.15) is 5.10 Å². The fourth-order valence-corrected chi connectivity index (χ4v) is 2.62. The highest BCUT2D eigenvalue weighted by Crippen LogP contribution is 2.14. The summed E-state index contributed by atoms with van der Waals surface area (Å²) in [7, 11) is 0. The van der Waals surface area contributed by atoms with Gasteiger partial charge in [0.05, 0.1) is 11.1 Å². The predicted molar refractivity (Wildman–Crippen MR) is 114 cm³/mol. The van der Waals surface area contributed by atoms with Crippen molar-refractivity contribution in [1.82, 2.24) is 5.43 Å². The van der Waals surface area contributed by atoms with E-state index in [2.05, 4.69) is 15.8 Å². The van der Waals surface area contributed by atoms with E-state index in [-0.39, 0.29) is 17.2 Å². The monoisotopic (exact) mass is 422 g/mol. The molecule has 0 aliphatic rings. The number of hydrogen-bond donors (Lipinski definition) is 2. The lowest BCUT2D eigenvalue weighted by molar-refractivity contribution is -0.384. The van der Waals surface area contributed by atoms with Crippen molar-refractivity contribution in [2.75, 3.05) is 5.32 Å². The number of nitro groups is 1. The first-order valence-electron chi connectivity index (χ1n) is 8.67. The van der Waals surface area contributed by atoms with Gasteiger partial charge >= 0.3 is 0 Å². The third-order valence-electron chi connectivity index (χ3n) is 3.95. The van der Waals surface area contributed by atoms with Crippen LogP contribution in [0.2, 0.25) is 5.02 Å². The SMILES string of the molecule is O=C(NN=Cc1cccc(NC(=O)c2ccc(Cl)cc2)c1)c1cccc([N+](=O)[O-])c1. The van der Waals surface area contributed by atoms with Gasteiger partial charge < -0.3 is 5.32 Å². The Kier molecular flexibility index (Phi) is 6.51. The quantitative estimate of drug-likeness (QED) is 0.351. The summed E-state index contributed by atoms with van der Waals surface area (Å²) in [5.41, 5.74) is 3.88. The van der Waals surface area contributed by atoms with E-state index in [0.29, 0.717) is 21.8 Å². The summed E-state index contributed by atoms with van der Waals surface area (Å²) in [4.78, 5) is 34.6. The van der Waals surface area contributed by atoms with Gasteiger partial charge in [0.2, 0.25) is 0 Å². The van der Waals surface area contributed by atoms with Gasteiger partial charge in [-0.25, -0.2) is 5.43 Å². The van der Waals surface area contributed by atoms with E-state index in [4.69, 9.17) is 11.6 Å². The molecular weight excluding hydrogens is 408 g/mol. The van der Waals surface area contributed by atoms with Crippen LogP contribution < -0.4 is 10.7 Å². The summed E-state index contributed by atoms with van der Waals surface area (Å²) in [6.45, 7) is 0. The largest absolute Gasteiger partial charge is 0.322 e. The molecule has 0 radical (unpaired) electrons. The first-order valence-corrected chi connectivity index (χ1v) is 9.05. The number of nitro benzene ring substituents is 1. The Morgan fingerprint density at radius 1 is 0.933 bits per heavy atom. The lowest BCUT2D eigenvalue weighted by Gasteiger charge is -2.06. The molecule has 150 valence electrons. The van der Waals surface area contributed by atoms with Crippen molar-refractivity contribution < 1.29 is 14.5 Å². The molecule has 0 unspecified atom stereocenters. The van der Waals surface area contributed by atoms with E-state index < -0.39 is 10.8 Å². The Labute approximate surface area is 176 Å². The van der Waals surface area contributed by atoms with Crippen molar-refractivity contribution in [3.63, 3.8) is 0 Å². The number of nitrogens with one attached hydrogen (secondary N) is 2. The summed E-state index contributed by atoms with van der Waals surface area (Å²) in [6, 6.07) is 18.7.